The van der Waals surface area contributed by atoms with Gasteiger partial charge in [0.25, 0.3) is 0 Å². The van der Waals surface area contributed by atoms with Crippen LogP contribution >= 0.6 is 0 Å². The van der Waals surface area contributed by atoms with Crippen molar-refractivity contribution >= 4 is 19.3 Å². The van der Waals surface area contributed by atoms with Gasteiger partial charge < -0.3 is 4.74 Å². The Kier molecular flexibility index (Phi) is 4.53. The highest BCUT2D eigenvalue weighted by Gasteiger charge is 2.18. The van der Waals surface area contributed by atoms with Gasteiger partial charge in [-0.25, -0.2) is 4.39 Å². The maximum absolute atomic E-state index is 13.0. The van der Waals surface area contributed by atoms with E-state index in [0.29, 0.717) is 23.9 Å². The molecule has 0 saturated carbocycles. The van der Waals surface area contributed by atoms with Gasteiger partial charge >= 0.3 is 5.97 Å². The lowest BCUT2D eigenvalue weighted by Crippen LogP contribution is -2.22. The molecule has 0 heterocycles. The quantitative estimate of drug-likeness (QED) is 0.565. The number of methoxy groups -OCH3 is 1. The molecule has 4 heteroatoms. The number of hydrogen-bond acceptors (Lipinski definition) is 2. The normalized spacial score (nSPS) is 12.2. The van der Waals surface area contributed by atoms with E-state index in [0.717, 1.165) is 0 Å². The minimum atomic E-state index is -0.344. The van der Waals surface area contributed by atoms with E-state index >= 15 is 0 Å². The average molecular weight is 220 g/mol. The lowest BCUT2D eigenvalue weighted by Gasteiger charge is -2.14. The first-order valence-electron chi connectivity index (χ1n) is 5.20. The Morgan fingerprint density at radius 3 is 2.81 bits per heavy atom. The van der Waals surface area contributed by atoms with Crippen LogP contribution in [0, 0.1) is 11.7 Å². The van der Waals surface area contributed by atoms with Gasteiger partial charge in [-0.15, -0.1) is 0 Å². The molecular weight excluding hydrogens is 206 g/mol. The molecule has 0 spiro atoms. The SMILES string of the molecule is [B]c1ccc(F)cc1CC(CC)C(=O)OC. The first-order chi connectivity index (χ1) is 7.58. The second kappa shape index (κ2) is 5.68. The van der Waals surface area contributed by atoms with Crippen LogP contribution in [0.5, 0.6) is 0 Å². The van der Waals surface area contributed by atoms with Crippen LogP contribution in [-0.4, -0.2) is 20.9 Å². The summed E-state index contributed by atoms with van der Waals surface area (Å²) < 4.78 is 17.7. The van der Waals surface area contributed by atoms with E-state index in [-0.39, 0.29) is 17.7 Å². The lowest BCUT2D eigenvalue weighted by molar-refractivity contribution is -0.145. The molecule has 0 aliphatic heterocycles. The minimum absolute atomic E-state index is 0.269. The van der Waals surface area contributed by atoms with E-state index in [1.165, 1.54) is 25.3 Å². The summed E-state index contributed by atoms with van der Waals surface area (Å²) in [5, 5.41) is 0. The van der Waals surface area contributed by atoms with Gasteiger partial charge in [-0.05, 0) is 25.0 Å². The van der Waals surface area contributed by atoms with Crippen molar-refractivity contribution in [2.24, 2.45) is 5.92 Å². The molecule has 0 aliphatic carbocycles. The van der Waals surface area contributed by atoms with Crippen molar-refractivity contribution < 1.29 is 13.9 Å². The van der Waals surface area contributed by atoms with Crippen molar-refractivity contribution in [3.8, 4) is 0 Å². The third-order valence-corrected chi connectivity index (χ3v) is 2.60. The number of esters is 1. The van der Waals surface area contributed by atoms with Gasteiger partial charge in [0, 0.05) is 0 Å². The summed E-state index contributed by atoms with van der Waals surface area (Å²) in [5.74, 6) is -0.899. The second-order valence-electron chi connectivity index (χ2n) is 3.68. The molecule has 2 nitrogen and oxygen atoms in total. The highest BCUT2D eigenvalue weighted by molar-refractivity contribution is 6.33. The fourth-order valence-corrected chi connectivity index (χ4v) is 1.58. The number of ether oxygens (including phenoxy) is 1. The Morgan fingerprint density at radius 1 is 1.56 bits per heavy atom. The zero-order chi connectivity index (χ0) is 12.1. The van der Waals surface area contributed by atoms with Gasteiger partial charge in [-0.3, -0.25) is 4.79 Å². The topological polar surface area (TPSA) is 26.3 Å². The zero-order valence-electron chi connectivity index (χ0n) is 9.50. The van der Waals surface area contributed by atoms with Crippen LogP contribution in [0.15, 0.2) is 18.2 Å². The summed E-state index contributed by atoms with van der Waals surface area (Å²) >= 11 is 0. The fraction of sp³-hybridized carbons (Fsp3) is 0.417. The van der Waals surface area contributed by atoms with Crippen LogP contribution in [0.3, 0.4) is 0 Å². The van der Waals surface area contributed by atoms with E-state index in [2.05, 4.69) is 4.74 Å². The summed E-state index contributed by atoms with van der Waals surface area (Å²) in [6.07, 6.45) is 1.05. The van der Waals surface area contributed by atoms with Gasteiger partial charge in [0.15, 0.2) is 0 Å². The van der Waals surface area contributed by atoms with Gasteiger partial charge in [0.2, 0.25) is 0 Å². The number of carbonyl (C=O) groups excluding carboxylic acids is 1. The molecule has 1 aromatic carbocycles. The fourth-order valence-electron chi connectivity index (χ4n) is 1.58. The molecule has 1 atom stereocenters. The van der Waals surface area contributed by atoms with E-state index < -0.39 is 0 Å². The number of halogens is 1. The first-order valence-corrected chi connectivity index (χ1v) is 5.20. The third kappa shape index (κ3) is 3.09. The van der Waals surface area contributed by atoms with E-state index in [4.69, 9.17) is 7.85 Å². The number of hydrogen-bond donors (Lipinski definition) is 0. The Morgan fingerprint density at radius 2 is 2.25 bits per heavy atom. The van der Waals surface area contributed by atoms with E-state index in [1.807, 2.05) is 6.92 Å². The number of benzene rings is 1. The second-order valence-corrected chi connectivity index (χ2v) is 3.68. The molecule has 0 fully saturated rings. The average Bonchev–Trinajstić information content (AvgIpc) is 2.29. The number of rotatable bonds is 4. The molecule has 0 saturated heterocycles. The summed E-state index contributed by atoms with van der Waals surface area (Å²) in [4.78, 5) is 11.4. The lowest BCUT2D eigenvalue weighted by atomic mass is 9.85. The van der Waals surface area contributed by atoms with Crippen LogP contribution in [0.4, 0.5) is 4.39 Å². The van der Waals surface area contributed by atoms with Crippen molar-refractivity contribution in [1.29, 1.82) is 0 Å². The predicted octanol–water partition coefficient (Wildman–Crippen LogP) is 1.36. The molecule has 0 bridgehead atoms. The van der Waals surface area contributed by atoms with Crippen molar-refractivity contribution in [3.63, 3.8) is 0 Å². The van der Waals surface area contributed by atoms with Crippen molar-refractivity contribution in [3.05, 3.63) is 29.6 Å². The predicted molar refractivity (Wildman–Crippen MR) is 61.3 cm³/mol. The maximum atomic E-state index is 13.0. The molecule has 0 aromatic heterocycles. The summed E-state index contributed by atoms with van der Waals surface area (Å²) in [7, 11) is 7.06. The Bertz CT molecular complexity index is 379. The van der Waals surface area contributed by atoms with Gasteiger partial charge in [-0.2, -0.15) is 0 Å². The number of carbonyl (C=O) groups is 1. The van der Waals surface area contributed by atoms with E-state index in [1.54, 1.807) is 0 Å². The molecule has 0 N–H and O–H groups in total. The largest absolute Gasteiger partial charge is 0.469 e. The van der Waals surface area contributed by atoms with Gasteiger partial charge in [0.05, 0.1) is 13.0 Å². The summed E-state index contributed by atoms with van der Waals surface area (Å²) in [6.45, 7) is 1.89. The molecule has 0 aliphatic rings. The molecule has 1 aromatic rings. The van der Waals surface area contributed by atoms with Crippen molar-refractivity contribution in [1.82, 2.24) is 0 Å². The Hall–Kier alpha value is -1.32. The third-order valence-electron chi connectivity index (χ3n) is 2.60. The van der Waals surface area contributed by atoms with Crippen LogP contribution < -0.4 is 5.46 Å². The van der Waals surface area contributed by atoms with Crippen LogP contribution in [-0.2, 0) is 16.0 Å². The van der Waals surface area contributed by atoms with Gasteiger partial charge in [-0.1, -0.05) is 24.0 Å². The van der Waals surface area contributed by atoms with Crippen molar-refractivity contribution in [2.75, 3.05) is 7.11 Å². The maximum Gasteiger partial charge on any atom is 0.308 e. The summed E-state index contributed by atoms with van der Waals surface area (Å²) in [6, 6.07) is 4.17. The standard InChI is InChI=1S/C12H14BFO2/c1-3-8(12(15)16-2)6-9-7-10(14)4-5-11(9)13/h4-5,7-8H,3,6H2,1-2H3. The molecule has 0 amide bonds. The Labute approximate surface area is 96.2 Å². The Balaban J connectivity index is 2.85. The van der Waals surface area contributed by atoms with Crippen LogP contribution in [0.25, 0.3) is 0 Å². The molecule has 1 rings (SSSR count). The first kappa shape index (κ1) is 12.8. The highest BCUT2D eigenvalue weighted by atomic mass is 19.1. The molecule has 2 radical (unpaired) electrons. The monoisotopic (exact) mass is 220 g/mol. The van der Waals surface area contributed by atoms with Crippen LogP contribution in [0.2, 0.25) is 0 Å². The zero-order valence-corrected chi connectivity index (χ0v) is 9.50. The molecule has 16 heavy (non-hydrogen) atoms. The van der Waals surface area contributed by atoms with Gasteiger partial charge in [0.1, 0.15) is 13.7 Å². The van der Waals surface area contributed by atoms with Crippen molar-refractivity contribution in [2.45, 2.75) is 19.8 Å². The highest BCUT2D eigenvalue weighted by Crippen LogP contribution is 2.13. The smallest absolute Gasteiger partial charge is 0.308 e. The summed E-state index contributed by atoms with van der Waals surface area (Å²) in [5.41, 5.74) is 1.15. The van der Waals surface area contributed by atoms with Crippen LogP contribution in [0.1, 0.15) is 18.9 Å². The minimum Gasteiger partial charge on any atom is -0.469 e. The molecule has 1 unspecified atom stereocenters. The molecule has 84 valence electrons. The van der Waals surface area contributed by atoms with E-state index in [9.17, 15) is 9.18 Å². The molecular formula is C12H14BFO2.